The van der Waals surface area contributed by atoms with Crippen LogP contribution < -0.4 is 5.32 Å². The van der Waals surface area contributed by atoms with Gasteiger partial charge in [-0.25, -0.2) is 9.59 Å². The van der Waals surface area contributed by atoms with Crippen LogP contribution in [0, 0.1) is 50.7 Å². The normalized spacial score (nSPS) is 44.7. The molecule has 11 heteroatoms. The first kappa shape index (κ1) is 35.6. The number of amides is 2. The van der Waals surface area contributed by atoms with Crippen LogP contribution in [0.3, 0.4) is 0 Å². The lowest BCUT2D eigenvalue weighted by atomic mass is 9.42. The van der Waals surface area contributed by atoms with Crippen LogP contribution in [0.15, 0.2) is 0 Å². The molecule has 49 heavy (non-hydrogen) atoms. The molecule has 0 aromatic carbocycles. The highest BCUT2D eigenvalue weighted by Crippen LogP contribution is 2.89. The number of fused-ring (bicyclic) bond motifs is 4. The van der Waals surface area contributed by atoms with Crippen molar-refractivity contribution in [3.05, 3.63) is 0 Å². The molecule has 11 atom stereocenters. The lowest BCUT2D eigenvalue weighted by Gasteiger charge is -2.63. The lowest BCUT2D eigenvalue weighted by molar-refractivity contribution is -0.165. The minimum atomic E-state index is -4.23. The van der Waals surface area contributed by atoms with Gasteiger partial charge in [-0.15, -0.1) is 0 Å². The van der Waals surface area contributed by atoms with Crippen molar-refractivity contribution in [3.8, 4) is 0 Å². The summed E-state index contributed by atoms with van der Waals surface area (Å²) in [6.07, 6.45) is 5.73. The number of alkyl carbamates (subject to hydrolysis) is 1. The van der Waals surface area contributed by atoms with E-state index in [1.165, 1.54) is 35.5 Å². The Morgan fingerprint density at radius 3 is 2.27 bits per heavy atom. The molecule has 2 spiro atoms. The second-order valence-corrected chi connectivity index (χ2v) is 19.0. The SMILES string of the molecule is CC(C)C(OC(=O)N(C)C)C1CCC2C(CC3(C)C4CCC5C(C)(C)C(OC(=O)NC6CN(CC(F)(F)F)C6)CCC56CC46CCC23C)O1. The molecule has 0 radical (unpaired) electrons. The molecule has 5 saturated carbocycles. The molecule has 0 aromatic rings. The Kier molecular flexibility index (Phi) is 8.46. The Balaban J connectivity index is 1.02. The van der Waals surface area contributed by atoms with E-state index in [1.54, 1.807) is 14.1 Å². The molecule has 5 aliphatic carbocycles. The van der Waals surface area contributed by atoms with Gasteiger partial charge in [0.1, 0.15) is 12.2 Å². The second-order valence-electron chi connectivity index (χ2n) is 19.0. The minimum absolute atomic E-state index is 0.0779. The number of carbonyl (C=O) groups is 2. The smallest absolute Gasteiger partial charge is 0.409 e. The second kappa shape index (κ2) is 11.6. The summed E-state index contributed by atoms with van der Waals surface area (Å²) in [5.74, 6) is 1.81. The van der Waals surface area contributed by atoms with Crippen LogP contribution >= 0.6 is 0 Å². The summed E-state index contributed by atoms with van der Waals surface area (Å²) < 4.78 is 57.2. The molecule has 7 aliphatic rings. The Hall–Kier alpha value is -1.75. The van der Waals surface area contributed by atoms with Crippen LogP contribution in [0.25, 0.3) is 0 Å². The number of hydrogen-bond acceptors (Lipinski definition) is 6. The molecule has 7 fully saturated rings. The van der Waals surface area contributed by atoms with Crippen molar-refractivity contribution in [1.82, 2.24) is 15.1 Å². The molecule has 2 heterocycles. The topological polar surface area (TPSA) is 80.3 Å². The van der Waals surface area contributed by atoms with Crippen LogP contribution in [-0.2, 0) is 14.2 Å². The van der Waals surface area contributed by atoms with E-state index in [0.29, 0.717) is 23.2 Å². The summed E-state index contributed by atoms with van der Waals surface area (Å²) in [6, 6.07) is -0.300. The molecule has 7 rings (SSSR count). The third-order valence-corrected chi connectivity index (χ3v) is 15.9. The summed E-state index contributed by atoms with van der Waals surface area (Å²) in [5.41, 5.74) is 0.832. The molecule has 2 saturated heterocycles. The van der Waals surface area contributed by atoms with Gasteiger partial charge in [0, 0.05) is 32.6 Å². The molecule has 8 nitrogen and oxygen atoms in total. The molecule has 278 valence electrons. The quantitative estimate of drug-likeness (QED) is 0.308. The Bertz CT molecular complexity index is 1320. The Morgan fingerprint density at radius 2 is 1.61 bits per heavy atom. The average molecular weight is 696 g/mol. The molecule has 1 N–H and O–H groups in total. The number of hydrogen-bond donors (Lipinski definition) is 1. The maximum Gasteiger partial charge on any atom is 0.409 e. The largest absolute Gasteiger partial charge is 0.446 e. The standard InChI is InChI=1S/C38H60F3N3O5/c1-22(2)30(49-32(46)43(7)8)25-10-9-24-26(47-25)17-35(6)28-12-11-27-33(3,4)29(13-14-36(27)20-37(28,36)16-15-34(24,35)5)48-31(45)42-23-18-44(19-23)21-38(39,40)41/h22-30H,9-21H2,1-8H3,(H,42,45). The van der Waals surface area contributed by atoms with Gasteiger partial charge in [0.25, 0.3) is 0 Å². The number of rotatable bonds is 6. The third kappa shape index (κ3) is 5.42. The first-order valence-corrected chi connectivity index (χ1v) is 19.1. The van der Waals surface area contributed by atoms with Crippen LogP contribution in [0.4, 0.5) is 22.8 Å². The van der Waals surface area contributed by atoms with E-state index in [1.807, 2.05) is 0 Å². The fourth-order valence-corrected chi connectivity index (χ4v) is 13.5. The first-order valence-electron chi connectivity index (χ1n) is 19.1. The maximum absolute atomic E-state index is 13.0. The van der Waals surface area contributed by atoms with Crippen molar-refractivity contribution in [1.29, 1.82) is 0 Å². The highest BCUT2D eigenvalue weighted by atomic mass is 19.4. The average Bonchev–Trinajstić information content (AvgIpc) is 3.58. The number of carbonyl (C=O) groups excluding carboxylic acids is 2. The van der Waals surface area contributed by atoms with E-state index in [2.05, 4.69) is 46.9 Å². The zero-order valence-corrected chi connectivity index (χ0v) is 31.0. The fraction of sp³-hybridized carbons (Fsp3) is 0.947. The monoisotopic (exact) mass is 695 g/mol. The molecular weight excluding hydrogens is 635 g/mol. The van der Waals surface area contributed by atoms with Crippen LogP contribution in [0.1, 0.15) is 106 Å². The highest BCUT2D eigenvalue weighted by molar-refractivity contribution is 5.68. The van der Waals surface area contributed by atoms with Gasteiger partial charge >= 0.3 is 18.4 Å². The predicted octanol–water partition coefficient (Wildman–Crippen LogP) is 7.65. The van der Waals surface area contributed by atoms with E-state index in [4.69, 9.17) is 14.2 Å². The third-order valence-electron chi connectivity index (χ3n) is 15.9. The van der Waals surface area contributed by atoms with Crippen LogP contribution in [0.5, 0.6) is 0 Å². The number of nitrogens with zero attached hydrogens (tertiary/aromatic N) is 2. The molecule has 0 bridgehead atoms. The van der Waals surface area contributed by atoms with Crippen molar-refractivity contribution < 1.29 is 37.0 Å². The number of alkyl halides is 3. The first-order chi connectivity index (χ1) is 22.8. The minimum Gasteiger partial charge on any atom is -0.446 e. The number of likely N-dealkylation sites (tertiary alicyclic amines) is 1. The molecule has 2 amide bonds. The van der Waals surface area contributed by atoms with Gasteiger partial charge in [0.15, 0.2) is 0 Å². The van der Waals surface area contributed by atoms with Crippen molar-refractivity contribution in [2.45, 2.75) is 142 Å². The molecule has 0 aromatic heterocycles. The van der Waals surface area contributed by atoms with Gasteiger partial charge in [0.2, 0.25) is 0 Å². The highest BCUT2D eigenvalue weighted by Gasteiger charge is 2.83. The fourth-order valence-electron chi connectivity index (χ4n) is 13.5. The summed E-state index contributed by atoms with van der Waals surface area (Å²) in [5, 5.41) is 2.83. The van der Waals surface area contributed by atoms with Crippen molar-refractivity contribution in [3.63, 3.8) is 0 Å². The molecule has 2 aliphatic heterocycles. The maximum atomic E-state index is 13.0. The summed E-state index contributed by atoms with van der Waals surface area (Å²) in [7, 11) is 3.45. The van der Waals surface area contributed by atoms with E-state index in [-0.39, 0.29) is 77.2 Å². The van der Waals surface area contributed by atoms with E-state index >= 15 is 0 Å². The van der Waals surface area contributed by atoms with Crippen LogP contribution in [0.2, 0.25) is 0 Å². The number of ether oxygens (including phenoxy) is 3. The zero-order valence-electron chi connectivity index (χ0n) is 31.0. The Labute approximate surface area is 290 Å². The van der Waals surface area contributed by atoms with Gasteiger partial charge in [-0.1, -0.05) is 41.5 Å². The summed E-state index contributed by atoms with van der Waals surface area (Å²) in [6.45, 7) is 13.4. The number of halogens is 3. The van der Waals surface area contributed by atoms with Gasteiger partial charge in [-0.2, -0.15) is 13.2 Å². The Morgan fingerprint density at radius 1 is 0.939 bits per heavy atom. The number of nitrogens with one attached hydrogen (secondary N) is 1. The predicted molar refractivity (Wildman–Crippen MR) is 179 cm³/mol. The van der Waals surface area contributed by atoms with E-state index < -0.39 is 18.8 Å². The summed E-state index contributed by atoms with van der Waals surface area (Å²) in [4.78, 5) is 28.3. The van der Waals surface area contributed by atoms with Crippen LogP contribution in [-0.4, -0.2) is 92.3 Å². The molecular formula is C38H60F3N3O5. The summed E-state index contributed by atoms with van der Waals surface area (Å²) >= 11 is 0. The van der Waals surface area contributed by atoms with Gasteiger partial charge in [-0.3, -0.25) is 4.90 Å². The van der Waals surface area contributed by atoms with E-state index in [0.717, 1.165) is 38.5 Å². The van der Waals surface area contributed by atoms with Gasteiger partial charge in [0.05, 0.1) is 24.8 Å². The zero-order chi connectivity index (χ0) is 35.5. The molecule has 11 unspecified atom stereocenters. The van der Waals surface area contributed by atoms with Crippen molar-refractivity contribution >= 4 is 12.2 Å². The van der Waals surface area contributed by atoms with Crippen molar-refractivity contribution in [2.24, 2.45) is 50.7 Å². The lowest BCUT2D eigenvalue weighted by Crippen LogP contribution is -2.62. The van der Waals surface area contributed by atoms with Gasteiger partial charge in [-0.05, 0) is 110 Å². The van der Waals surface area contributed by atoms with Gasteiger partial charge < -0.3 is 24.4 Å². The van der Waals surface area contributed by atoms with E-state index in [9.17, 15) is 22.8 Å². The van der Waals surface area contributed by atoms with Crippen molar-refractivity contribution in [2.75, 3.05) is 33.7 Å².